The zero-order valence-electron chi connectivity index (χ0n) is 17.7. The monoisotopic (exact) mass is 442 g/mol. The van der Waals surface area contributed by atoms with E-state index in [2.05, 4.69) is 5.10 Å². The van der Waals surface area contributed by atoms with Crippen LogP contribution in [0.25, 0.3) is 33.4 Å². The summed E-state index contributed by atoms with van der Waals surface area (Å²) in [6.45, 7) is 0.827. The van der Waals surface area contributed by atoms with Crippen molar-refractivity contribution in [3.63, 3.8) is 0 Å². The lowest BCUT2D eigenvalue weighted by molar-refractivity contribution is -0.157. The van der Waals surface area contributed by atoms with Crippen LogP contribution in [0.4, 0.5) is 0 Å². The maximum Gasteiger partial charge on any atom is 0.340 e. The first-order valence-corrected chi connectivity index (χ1v) is 10.7. The fraction of sp³-hybridized carbons (Fsp3) is 0.250. The van der Waals surface area contributed by atoms with Crippen LogP contribution < -0.4 is 10.3 Å². The smallest absolute Gasteiger partial charge is 0.340 e. The summed E-state index contributed by atoms with van der Waals surface area (Å²) < 4.78 is 14.2. The van der Waals surface area contributed by atoms with Crippen molar-refractivity contribution >= 4 is 16.9 Å². The van der Waals surface area contributed by atoms with Gasteiger partial charge < -0.3 is 19.1 Å². The van der Waals surface area contributed by atoms with Gasteiger partial charge in [-0.2, -0.15) is 5.10 Å². The molecule has 164 valence electrons. The Balaban J connectivity index is 1.56. The van der Waals surface area contributed by atoms with E-state index in [1.165, 1.54) is 0 Å². The molecule has 9 nitrogen and oxygen atoms in total. The summed E-state index contributed by atoms with van der Waals surface area (Å²) >= 11 is 0. The van der Waals surface area contributed by atoms with Gasteiger partial charge in [-0.15, -0.1) is 0 Å². The number of aryl methyl sites for hydroxylation is 1. The molecule has 0 radical (unpaired) electrons. The number of carbonyl (C=O) groups is 1. The standard InChI is InChI=1S/C24H18N4O5/c1-27-8-12(7-25-27)20-14-6-19-11(2-3-32-19)4-17(14)26-21-15(20)9-28-18(21)5-13-16(23(28)30)10-33-24(31)22(13)29/h4-8,22,29H,2-3,9-10H2,1H3. The Labute approximate surface area is 186 Å². The van der Waals surface area contributed by atoms with Crippen LogP contribution in [0.5, 0.6) is 5.75 Å². The van der Waals surface area contributed by atoms with E-state index in [-0.39, 0.29) is 12.2 Å². The molecule has 3 aliphatic heterocycles. The van der Waals surface area contributed by atoms with Gasteiger partial charge in [0.1, 0.15) is 12.4 Å². The Bertz CT molecular complexity index is 1600. The van der Waals surface area contributed by atoms with Crippen molar-refractivity contribution in [2.24, 2.45) is 7.05 Å². The van der Waals surface area contributed by atoms with E-state index >= 15 is 0 Å². The highest BCUT2D eigenvalue weighted by Gasteiger charge is 2.35. The predicted molar refractivity (Wildman–Crippen MR) is 117 cm³/mol. The number of aromatic nitrogens is 4. The van der Waals surface area contributed by atoms with Crippen LogP contribution in [0.15, 0.2) is 35.4 Å². The van der Waals surface area contributed by atoms with Crippen LogP contribution in [-0.2, 0) is 36.2 Å². The zero-order valence-corrected chi connectivity index (χ0v) is 17.7. The highest BCUT2D eigenvalue weighted by molar-refractivity contribution is 6.00. The number of benzene rings is 1. The van der Waals surface area contributed by atoms with Gasteiger partial charge in [-0.3, -0.25) is 9.48 Å². The first-order chi connectivity index (χ1) is 16.0. The molecule has 1 atom stereocenters. The number of hydrogen-bond acceptors (Lipinski definition) is 7. The van der Waals surface area contributed by atoms with Gasteiger partial charge in [0.15, 0.2) is 6.10 Å². The van der Waals surface area contributed by atoms with Crippen molar-refractivity contribution in [3.05, 3.63) is 63.2 Å². The van der Waals surface area contributed by atoms with Gasteiger partial charge in [-0.25, -0.2) is 9.78 Å². The Morgan fingerprint density at radius 2 is 2.03 bits per heavy atom. The largest absolute Gasteiger partial charge is 0.493 e. The van der Waals surface area contributed by atoms with E-state index in [1.54, 1.807) is 21.5 Å². The summed E-state index contributed by atoms with van der Waals surface area (Å²) in [6, 6.07) is 5.78. The number of nitrogens with zero attached hydrogens (tertiary/aromatic N) is 4. The lowest BCUT2D eigenvalue weighted by atomic mass is 9.94. The van der Waals surface area contributed by atoms with Gasteiger partial charge >= 0.3 is 5.97 Å². The molecule has 1 aromatic carbocycles. The van der Waals surface area contributed by atoms with E-state index in [1.807, 2.05) is 25.4 Å². The SMILES string of the molecule is Cn1cc(-c2c3c(nc4cc5c(cc24)OCC5)-c2cc4c(c(=O)n2C3)COC(=O)C4O)cn1. The Morgan fingerprint density at radius 3 is 2.85 bits per heavy atom. The molecule has 0 saturated carbocycles. The van der Waals surface area contributed by atoms with Gasteiger partial charge in [0.05, 0.1) is 41.8 Å². The van der Waals surface area contributed by atoms with Gasteiger partial charge in [-0.1, -0.05) is 0 Å². The van der Waals surface area contributed by atoms with E-state index in [9.17, 15) is 14.7 Å². The molecule has 1 N–H and O–H groups in total. The van der Waals surface area contributed by atoms with Gasteiger partial charge in [-0.05, 0) is 23.8 Å². The molecule has 0 spiro atoms. The molecule has 6 heterocycles. The maximum atomic E-state index is 13.3. The molecule has 0 bridgehead atoms. The average molecular weight is 442 g/mol. The topological polar surface area (TPSA) is 108 Å². The summed E-state index contributed by atoms with van der Waals surface area (Å²) in [5.74, 6) is 0.111. The Hall–Kier alpha value is -3.98. The van der Waals surface area contributed by atoms with E-state index in [4.69, 9.17) is 14.5 Å². The van der Waals surface area contributed by atoms with Gasteiger partial charge in [0.25, 0.3) is 5.56 Å². The quantitative estimate of drug-likeness (QED) is 0.395. The van der Waals surface area contributed by atoms with Crippen LogP contribution in [0.2, 0.25) is 0 Å². The lowest BCUT2D eigenvalue weighted by Crippen LogP contribution is -2.32. The highest BCUT2D eigenvalue weighted by atomic mass is 16.5. The molecule has 9 heteroatoms. The van der Waals surface area contributed by atoms with Crippen molar-refractivity contribution in [2.45, 2.75) is 25.7 Å². The summed E-state index contributed by atoms with van der Waals surface area (Å²) in [5.41, 5.74) is 6.26. The van der Waals surface area contributed by atoms with Crippen LogP contribution >= 0.6 is 0 Å². The summed E-state index contributed by atoms with van der Waals surface area (Å²) in [6.07, 6.45) is 3.09. The fourth-order valence-electron chi connectivity index (χ4n) is 5.18. The minimum Gasteiger partial charge on any atom is -0.493 e. The van der Waals surface area contributed by atoms with Crippen LogP contribution in [-0.4, -0.2) is 37.0 Å². The third-order valence-electron chi connectivity index (χ3n) is 6.76. The molecule has 3 aromatic heterocycles. The normalized spacial score (nSPS) is 17.9. The highest BCUT2D eigenvalue weighted by Crippen LogP contribution is 2.43. The van der Waals surface area contributed by atoms with Crippen LogP contribution in [0, 0.1) is 0 Å². The number of cyclic esters (lactones) is 1. The zero-order chi connectivity index (χ0) is 22.4. The molecule has 1 unspecified atom stereocenters. The molecular formula is C24H18N4O5. The second-order valence-corrected chi connectivity index (χ2v) is 8.66. The van der Waals surface area contributed by atoms with Crippen molar-refractivity contribution in [1.29, 1.82) is 0 Å². The summed E-state index contributed by atoms with van der Waals surface area (Å²) in [5, 5.41) is 15.7. The van der Waals surface area contributed by atoms with E-state index < -0.39 is 12.1 Å². The summed E-state index contributed by atoms with van der Waals surface area (Å²) in [7, 11) is 1.86. The number of hydrogen-bond donors (Lipinski definition) is 1. The molecule has 7 rings (SSSR count). The number of fused-ring (bicyclic) bond motifs is 6. The first-order valence-electron chi connectivity index (χ1n) is 10.7. The maximum absolute atomic E-state index is 13.3. The third-order valence-corrected chi connectivity index (χ3v) is 6.76. The van der Waals surface area contributed by atoms with Crippen molar-refractivity contribution < 1.29 is 19.4 Å². The lowest BCUT2D eigenvalue weighted by Gasteiger charge is -2.21. The molecule has 33 heavy (non-hydrogen) atoms. The van der Waals surface area contributed by atoms with Crippen molar-refractivity contribution in [2.75, 3.05) is 6.61 Å². The first kappa shape index (κ1) is 18.6. The Morgan fingerprint density at radius 1 is 1.15 bits per heavy atom. The van der Waals surface area contributed by atoms with Gasteiger partial charge in [0, 0.05) is 47.3 Å². The molecule has 4 aromatic rings. The second-order valence-electron chi connectivity index (χ2n) is 8.66. The van der Waals surface area contributed by atoms with Crippen molar-refractivity contribution in [1.82, 2.24) is 19.3 Å². The molecule has 0 fully saturated rings. The molecular weight excluding hydrogens is 424 g/mol. The number of pyridine rings is 2. The number of aliphatic hydroxyl groups excluding tert-OH is 1. The third kappa shape index (κ3) is 2.45. The van der Waals surface area contributed by atoms with Crippen molar-refractivity contribution in [3.8, 4) is 28.3 Å². The fourth-order valence-corrected chi connectivity index (χ4v) is 5.18. The molecule has 3 aliphatic rings. The minimum atomic E-state index is -1.48. The molecule has 0 saturated heterocycles. The van der Waals surface area contributed by atoms with Crippen LogP contribution in [0.3, 0.4) is 0 Å². The number of aliphatic hydroxyl groups is 1. The van der Waals surface area contributed by atoms with Gasteiger partial charge in [0.2, 0.25) is 0 Å². The summed E-state index contributed by atoms with van der Waals surface area (Å²) in [4.78, 5) is 30.2. The predicted octanol–water partition coefficient (Wildman–Crippen LogP) is 1.85. The van der Waals surface area contributed by atoms with Crippen LogP contribution in [0.1, 0.15) is 28.4 Å². The number of ether oxygens (including phenoxy) is 2. The minimum absolute atomic E-state index is 0.143. The van der Waals surface area contributed by atoms with E-state index in [0.717, 1.165) is 45.3 Å². The van der Waals surface area contributed by atoms with E-state index in [0.29, 0.717) is 35.7 Å². The molecule has 0 amide bonds. The number of rotatable bonds is 1. The second kappa shape index (κ2) is 6.29. The number of carbonyl (C=O) groups excluding carboxylic acids is 1. The average Bonchev–Trinajstić information content (AvgIpc) is 3.52. The Kier molecular flexibility index (Phi) is 3.54. The molecule has 0 aliphatic carbocycles. The number of esters is 1.